The first-order valence-electron chi connectivity index (χ1n) is 5.58. The summed E-state index contributed by atoms with van der Waals surface area (Å²) in [5.41, 5.74) is 1.73. The average molecular weight is 207 g/mol. The molecule has 1 aromatic heterocycles. The fourth-order valence-electron chi connectivity index (χ4n) is 2.08. The molecule has 1 aliphatic carbocycles. The summed E-state index contributed by atoms with van der Waals surface area (Å²) in [4.78, 5) is 11.9. The topological polar surface area (TPSA) is 57.8 Å². The predicted octanol–water partition coefficient (Wildman–Crippen LogP) is 2.24. The Morgan fingerprint density at radius 3 is 2.80 bits per heavy atom. The molecule has 1 aromatic rings. The van der Waals surface area contributed by atoms with E-state index in [1.54, 1.807) is 6.20 Å². The third kappa shape index (κ3) is 2.37. The van der Waals surface area contributed by atoms with E-state index in [1.165, 1.54) is 19.3 Å². The summed E-state index contributed by atoms with van der Waals surface area (Å²) in [7, 11) is 0. The summed E-state index contributed by atoms with van der Waals surface area (Å²) in [5.74, 6) is 0.354. The lowest BCUT2D eigenvalue weighted by Crippen LogP contribution is -2.24. The Hall–Kier alpha value is -1.32. The lowest BCUT2D eigenvalue weighted by Gasteiger charge is -2.20. The summed E-state index contributed by atoms with van der Waals surface area (Å²) in [6.45, 7) is 1.91. The van der Waals surface area contributed by atoms with Gasteiger partial charge in [0.05, 0.1) is 17.6 Å². The van der Waals surface area contributed by atoms with Gasteiger partial charge in [-0.3, -0.25) is 9.89 Å². The monoisotopic (exact) mass is 207 g/mol. The molecule has 1 aliphatic rings. The van der Waals surface area contributed by atoms with Crippen molar-refractivity contribution in [2.75, 3.05) is 5.32 Å². The smallest absolute Gasteiger partial charge is 0.227 e. The first-order valence-corrected chi connectivity index (χ1v) is 5.58. The molecule has 4 nitrogen and oxygen atoms in total. The molecule has 1 amide bonds. The van der Waals surface area contributed by atoms with Crippen molar-refractivity contribution >= 4 is 11.6 Å². The highest BCUT2D eigenvalue weighted by molar-refractivity contribution is 5.92. The van der Waals surface area contributed by atoms with Crippen LogP contribution >= 0.6 is 0 Å². The summed E-state index contributed by atoms with van der Waals surface area (Å²) in [6, 6.07) is 0. The average Bonchev–Trinajstić information content (AvgIpc) is 2.66. The van der Waals surface area contributed by atoms with Gasteiger partial charge >= 0.3 is 0 Å². The molecule has 1 fully saturated rings. The largest absolute Gasteiger partial charge is 0.323 e. The van der Waals surface area contributed by atoms with Crippen LogP contribution in [0, 0.1) is 12.8 Å². The highest BCUT2D eigenvalue weighted by Crippen LogP contribution is 2.25. The van der Waals surface area contributed by atoms with Gasteiger partial charge in [-0.15, -0.1) is 0 Å². The molecule has 82 valence electrons. The highest BCUT2D eigenvalue weighted by Gasteiger charge is 2.21. The van der Waals surface area contributed by atoms with Crippen LogP contribution in [0.5, 0.6) is 0 Å². The highest BCUT2D eigenvalue weighted by atomic mass is 16.1. The minimum absolute atomic E-state index is 0.152. The zero-order chi connectivity index (χ0) is 10.7. The molecule has 0 unspecified atom stereocenters. The van der Waals surface area contributed by atoms with Gasteiger partial charge in [-0.2, -0.15) is 5.10 Å². The number of hydrogen-bond donors (Lipinski definition) is 2. The number of rotatable bonds is 2. The van der Waals surface area contributed by atoms with Crippen molar-refractivity contribution in [3.63, 3.8) is 0 Å². The van der Waals surface area contributed by atoms with Gasteiger partial charge in [-0.1, -0.05) is 19.3 Å². The van der Waals surface area contributed by atoms with Crippen molar-refractivity contribution in [1.29, 1.82) is 0 Å². The van der Waals surface area contributed by atoms with Crippen LogP contribution in [-0.4, -0.2) is 16.1 Å². The van der Waals surface area contributed by atoms with Gasteiger partial charge in [-0.25, -0.2) is 0 Å². The number of aromatic nitrogens is 2. The van der Waals surface area contributed by atoms with Crippen molar-refractivity contribution in [3.8, 4) is 0 Å². The molecule has 0 aliphatic heterocycles. The third-order valence-electron chi connectivity index (χ3n) is 3.06. The Morgan fingerprint density at radius 1 is 1.47 bits per heavy atom. The molecule has 0 saturated heterocycles. The normalized spacial score (nSPS) is 17.7. The Kier molecular flexibility index (Phi) is 3.04. The molecule has 0 atom stereocenters. The number of anilines is 1. The van der Waals surface area contributed by atoms with Gasteiger partial charge in [0.2, 0.25) is 5.91 Å². The maximum absolute atomic E-state index is 11.9. The van der Waals surface area contributed by atoms with E-state index in [4.69, 9.17) is 0 Å². The second-order valence-corrected chi connectivity index (χ2v) is 4.23. The molecule has 0 radical (unpaired) electrons. The summed E-state index contributed by atoms with van der Waals surface area (Å²) in [5, 5.41) is 9.62. The van der Waals surface area contributed by atoms with E-state index < -0.39 is 0 Å². The van der Waals surface area contributed by atoms with E-state index >= 15 is 0 Å². The molecule has 2 rings (SSSR count). The zero-order valence-corrected chi connectivity index (χ0v) is 9.05. The molecule has 2 N–H and O–H groups in total. The van der Waals surface area contributed by atoms with Gasteiger partial charge in [0, 0.05) is 5.92 Å². The molecule has 0 spiro atoms. The van der Waals surface area contributed by atoms with Crippen LogP contribution in [0.15, 0.2) is 6.20 Å². The van der Waals surface area contributed by atoms with Gasteiger partial charge in [0.15, 0.2) is 0 Å². The van der Waals surface area contributed by atoms with Gasteiger partial charge in [-0.05, 0) is 19.8 Å². The van der Waals surface area contributed by atoms with Crippen molar-refractivity contribution in [3.05, 3.63) is 11.9 Å². The molecular formula is C11H17N3O. The fourth-order valence-corrected chi connectivity index (χ4v) is 2.08. The number of carbonyl (C=O) groups is 1. The molecule has 1 saturated carbocycles. The maximum Gasteiger partial charge on any atom is 0.227 e. The Bertz CT molecular complexity index is 339. The zero-order valence-electron chi connectivity index (χ0n) is 9.05. The third-order valence-corrected chi connectivity index (χ3v) is 3.06. The van der Waals surface area contributed by atoms with Crippen LogP contribution in [-0.2, 0) is 4.79 Å². The lowest BCUT2D eigenvalue weighted by atomic mass is 9.88. The first kappa shape index (κ1) is 10.2. The number of nitrogens with zero attached hydrogens (tertiary/aromatic N) is 1. The Balaban J connectivity index is 1.94. The van der Waals surface area contributed by atoms with Gasteiger partial charge < -0.3 is 5.32 Å². The predicted molar refractivity (Wildman–Crippen MR) is 58.5 cm³/mol. The number of amides is 1. The van der Waals surface area contributed by atoms with Gasteiger partial charge in [0.1, 0.15) is 0 Å². The van der Waals surface area contributed by atoms with E-state index in [2.05, 4.69) is 15.5 Å². The van der Waals surface area contributed by atoms with Gasteiger partial charge in [0.25, 0.3) is 0 Å². The number of hydrogen-bond acceptors (Lipinski definition) is 2. The molecule has 15 heavy (non-hydrogen) atoms. The van der Waals surface area contributed by atoms with Crippen molar-refractivity contribution in [2.45, 2.75) is 39.0 Å². The second-order valence-electron chi connectivity index (χ2n) is 4.23. The lowest BCUT2D eigenvalue weighted by molar-refractivity contribution is -0.120. The fraction of sp³-hybridized carbons (Fsp3) is 0.636. The standard InChI is InChI=1S/C11H17N3O/c1-8-10(7-12-14-8)13-11(15)9-5-3-2-4-6-9/h7,9H,2-6H2,1H3,(H,12,14)(H,13,15). The second kappa shape index (κ2) is 4.47. The van der Waals surface area contributed by atoms with Crippen LogP contribution in [0.25, 0.3) is 0 Å². The molecular weight excluding hydrogens is 190 g/mol. The van der Waals surface area contributed by atoms with E-state index in [9.17, 15) is 4.79 Å². The van der Waals surface area contributed by atoms with Crippen molar-refractivity contribution in [1.82, 2.24) is 10.2 Å². The number of nitrogens with one attached hydrogen (secondary N) is 2. The summed E-state index contributed by atoms with van der Waals surface area (Å²) < 4.78 is 0. The Morgan fingerprint density at radius 2 is 2.20 bits per heavy atom. The maximum atomic E-state index is 11.9. The van der Waals surface area contributed by atoms with E-state index in [0.29, 0.717) is 0 Å². The van der Waals surface area contributed by atoms with Crippen LogP contribution in [0.4, 0.5) is 5.69 Å². The minimum atomic E-state index is 0.152. The van der Waals surface area contributed by atoms with Crippen LogP contribution in [0.2, 0.25) is 0 Å². The number of aromatic amines is 1. The van der Waals surface area contributed by atoms with E-state index in [1.807, 2.05) is 6.92 Å². The SMILES string of the molecule is Cc1[nH]ncc1NC(=O)C1CCCCC1. The molecule has 1 heterocycles. The Labute approximate surface area is 89.5 Å². The number of H-pyrrole nitrogens is 1. The summed E-state index contributed by atoms with van der Waals surface area (Å²) >= 11 is 0. The van der Waals surface area contributed by atoms with Crippen LogP contribution in [0.1, 0.15) is 37.8 Å². The van der Waals surface area contributed by atoms with Crippen molar-refractivity contribution in [2.24, 2.45) is 5.92 Å². The first-order chi connectivity index (χ1) is 7.27. The molecule has 4 heteroatoms. The number of carbonyl (C=O) groups excluding carboxylic acids is 1. The van der Waals surface area contributed by atoms with E-state index in [0.717, 1.165) is 24.2 Å². The number of aryl methyl sites for hydroxylation is 1. The quantitative estimate of drug-likeness (QED) is 0.781. The molecule has 0 bridgehead atoms. The minimum Gasteiger partial charge on any atom is -0.323 e. The molecule has 0 aromatic carbocycles. The summed E-state index contributed by atoms with van der Waals surface area (Å²) in [6.07, 6.45) is 7.36. The van der Waals surface area contributed by atoms with Crippen LogP contribution < -0.4 is 5.32 Å². The van der Waals surface area contributed by atoms with Crippen molar-refractivity contribution < 1.29 is 4.79 Å². The van der Waals surface area contributed by atoms with Crippen LogP contribution in [0.3, 0.4) is 0 Å². The van der Waals surface area contributed by atoms with E-state index in [-0.39, 0.29) is 11.8 Å².